The third kappa shape index (κ3) is 6.42. The first-order valence-corrected chi connectivity index (χ1v) is 12.9. The smallest absolute Gasteiger partial charge is 0.243 e. The van der Waals surface area contributed by atoms with E-state index in [1.54, 1.807) is 37.5 Å². The first-order valence-electron chi connectivity index (χ1n) is 10.5. The summed E-state index contributed by atoms with van der Waals surface area (Å²) >= 11 is 1.25. The fraction of sp³-hybridized carbons (Fsp3) is 0.476. The zero-order chi connectivity index (χ0) is 23.8. The van der Waals surface area contributed by atoms with E-state index >= 15 is 0 Å². The average Bonchev–Trinajstić information content (AvgIpc) is 3.21. The van der Waals surface area contributed by atoms with E-state index in [0.29, 0.717) is 56.0 Å². The van der Waals surface area contributed by atoms with E-state index in [-0.39, 0.29) is 22.6 Å². The Morgan fingerprint density at radius 2 is 2.12 bits per heavy atom. The predicted octanol–water partition coefficient (Wildman–Crippen LogP) is 1.40. The molecule has 1 atom stereocenters. The molecular weight excluding hydrogens is 466 g/mol. The maximum atomic E-state index is 13.1. The monoisotopic (exact) mass is 495 g/mol. The molecule has 1 aromatic heterocycles. The lowest BCUT2D eigenvalue weighted by atomic mass is 10.2. The van der Waals surface area contributed by atoms with Crippen molar-refractivity contribution in [2.75, 3.05) is 45.8 Å². The Labute approximate surface area is 198 Å². The molecule has 1 saturated heterocycles. The minimum absolute atomic E-state index is 0.0964. The van der Waals surface area contributed by atoms with Crippen LogP contribution in [0, 0.1) is 0 Å². The molecule has 1 aliphatic rings. The Balaban J connectivity index is 1.81. The summed E-state index contributed by atoms with van der Waals surface area (Å²) in [6.07, 6.45) is 1.70. The molecule has 10 nitrogen and oxygen atoms in total. The summed E-state index contributed by atoms with van der Waals surface area (Å²) in [7, 11) is -2.06. The van der Waals surface area contributed by atoms with Gasteiger partial charge in [0.05, 0.1) is 30.5 Å². The summed E-state index contributed by atoms with van der Waals surface area (Å²) < 4.78 is 39.6. The van der Waals surface area contributed by atoms with Crippen molar-refractivity contribution in [2.24, 2.45) is 0 Å². The number of rotatable bonds is 11. The highest BCUT2D eigenvalue weighted by Gasteiger charge is 2.27. The zero-order valence-corrected chi connectivity index (χ0v) is 20.4. The first kappa shape index (κ1) is 25.4. The van der Waals surface area contributed by atoms with Gasteiger partial charge in [-0.3, -0.25) is 9.36 Å². The van der Waals surface area contributed by atoms with Crippen molar-refractivity contribution in [3.63, 3.8) is 0 Å². The van der Waals surface area contributed by atoms with E-state index in [0.717, 1.165) is 0 Å². The molecule has 2 heterocycles. The number of morpholine rings is 1. The van der Waals surface area contributed by atoms with Crippen molar-refractivity contribution in [2.45, 2.75) is 29.6 Å². The minimum Gasteiger partial charge on any atom is -0.383 e. The normalized spacial score (nSPS) is 15.8. The van der Waals surface area contributed by atoms with Gasteiger partial charge in [-0.05, 0) is 19.1 Å². The van der Waals surface area contributed by atoms with Crippen molar-refractivity contribution in [3.8, 4) is 11.4 Å². The number of aromatic nitrogens is 3. The van der Waals surface area contributed by atoms with E-state index in [1.807, 2.05) is 11.5 Å². The van der Waals surface area contributed by atoms with E-state index in [2.05, 4.69) is 22.1 Å². The maximum Gasteiger partial charge on any atom is 0.243 e. The molecular formula is C21H29N5O5S2. The second kappa shape index (κ2) is 11.7. The summed E-state index contributed by atoms with van der Waals surface area (Å²) in [5.41, 5.74) is 0.615. The fourth-order valence-electron chi connectivity index (χ4n) is 3.37. The number of allylic oxidation sites excluding steroid dienone is 1. The molecule has 1 amide bonds. The molecule has 1 fully saturated rings. The van der Waals surface area contributed by atoms with Crippen molar-refractivity contribution in [1.82, 2.24) is 24.4 Å². The van der Waals surface area contributed by atoms with Gasteiger partial charge in [0.2, 0.25) is 15.9 Å². The number of carbonyl (C=O) groups is 1. The molecule has 12 heteroatoms. The summed E-state index contributed by atoms with van der Waals surface area (Å²) in [5.74, 6) is 0.525. The van der Waals surface area contributed by atoms with Crippen LogP contribution in [0.3, 0.4) is 0 Å². The zero-order valence-electron chi connectivity index (χ0n) is 18.8. The molecule has 1 aliphatic heterocycles. The topological polar surface area (TPSA) is 116 Å². The number of methoxy groups -OCH3 is 1. The predicted molar refractivity (Wildman–Crippen MR) is 125 cm³/mol. The van der Waals surface area contributed by atoms with Gasteiger partial charge < -0.3 is 14.8 Å². The highest BCUT2D eigenvalue weighted by atomic mass is 32.2. The van der Waals surface area contributed by atoms with Crippen LogP contribution in [0.1, 0.15) is 6.92 Å². The van der Waals surface area contributed by atoms with Gasteiger partial charge >= 0.3 is 0 Å². The average molecular weight is 496 g/mol. The van der Waals surface area contributed by atoms with Gasteiger partial charge in [-0.25, -0.2) is 8.42 Å². The van der Waals surface area contributed by atoms with Gasteiger partial charge in [-0.1, -0.05) is 30.0 Å². The van der Waals surface area contributed by atoms with Gasteiger partial charge in [0, 0.05) is 38.3 Å². The summed E-state index contributed by atoms with van der Waals surface area (Å²) in [6.45, 7) is 7.90. The van der Waals surface area contributed by atoms with Crippen LogP contribution < -0.4 is 5.32 Å². The van der Waals surface area contributed by atoms with Crippen molar-refractivity contribution >= 4 is 27.7 Å². The number of thioether (sulfide) groups is 1. The molecule has 0 bridgehead atoms. The third-order valence-corrected chi connectivity index (χ3v) is 7.75. The number of carbonyl (C=O) groups excluding carboxylic acids is 1. The Bertz CT molecular complexity index is 1070. The molecule has 1 unspecified atom stereocenters. The number of nitrogens with zero attached hydrogens (tertiary/aromatic N) is 4. The molecule has 0 saturated carbocycles. The summed E-state index contributed by atoms with van der Waals surface area (Å²) in [6, 6.07) is 6.55. The van der Waals surface area contributed by atoms with Crippen molar-refractivity contribution in [3.05, 3.63) is 36.9 Å². The molecule has 0 radical (unpaired) electrons. The molecule has 1 N–H and O–H groups in total. The molecule has 2 aromatic rings. The quantitative estimate of drug-likeness (QED) is 0.367. The molecule has 3 rings (SSSR count). The van der Waals surface area contributed by atoms with E-state index in [9.17, 15) is 13.2 Å². The minimum atomic E-state index is -3.64. The molecule has 0 aliphatic carbocycles. The van der Waals surface area contributed by atoms with E-state index in [1.165, 1.54) is 16.1 Å². The molecule has 1 aromatic carbocycles. The van der Waals surface area contributed by atoms with Crippen LogP contribution in [0.25, 0.3) is 11.4 Å². The van der Waals surface area contributed by atoms with Crippen molar-refractivity contribution in [1.29, 1.82) is 0 Å². The van der Waals surface area contributed by atoms with Gasteiger partial charge in [-0.2, -0.15) is 4.31 Å². The lowest BCUT2D eigenvalue weighted by molar-refractivity contribution is -0.119. The maximum absolute atomic E-state index is 13.1. The third-order valence-electron chi connectivity index (χ3n) is 4.88. The van der Waals surface area contributed by atoms with E-state index in [4.69, 9.17) is 9.47 Å². The molecule has 0 spiro atoms. The number of sulfonamides is 1. The number of nitrogens with one attached hydrogen (secondary N) is 1. The first-order chi connectivity index (χ1) is 15.9. The van der Waals surface area contributed by atoms with Crippen LogP contribution in [0.15, 0.2) is 47.0 Å². The van der Waals surface area contributed by atoms with Crippen LogP contribution in [-0.2, 0) is 30.8 Å². The summed E-state index contributed by atoms with van der Waals surface area (Å²) in [4.78, 5) is 12.4. The summed E-state index contributed by atoms with van der Waals surface area (Å²) in [5, 5.41) is 11.9. The second-order valence-electron chi connectivity index (χ2n) is 7.46. The van der Waals surface area contributed by atoms with Crippen LogP contribution in [0.2, 0.25) is 0 Å². The number of hydrogen-bond acceptors (Lipinski definition) is 8. The number of ether oxygens (including phenoxy) is 2. The van der Waals surface area contributed by atoms with Gasteiger partial charge in [0.25, 0.3) is 0 Å². The highest BCUT2D eigenvalue weighted by molar-refractivity contribution is 7.99. The van der Waals surface area contributed by atoms with Crippen LogP contribution in [-0.4, -0.2) is 85.2 Å². The second-order valence-corrected chi connectivity index (χ2v) is 10.3. The van der Waals surface area contributed by atoms with Crippen LogP contribution >= 0.6 is 11.8 Å². The van der Waals surface area contributed by atoms with Crippen LogP contribution in [0.5, 0.6) is 0 Å². The van der Waals surface area contributed by atoms with E-state index < -0.39 is 10.0 Å². The Hall–Kier alpha value is -2.25. The van der Waals surface area contributed by atoms with Gasteiger partial charge in [0.15, 0.2) is 11.0 Å². The molecule has 180 valence electrons. The Morgan fingerprint density at radius 1 is 1.36 bits per heavy atom. The number of amides is 1. The lowest BCUT2D eigenvalue weighted by Gasteiger charge is -2.26. The van der Waals surface area contributed by atoms with Gasteiger partial charge in [-0.15, -0.1) is 16.8 Å². The Morgan fingerprint density at radius 3 is 2.82 bits per heavy atom. The number of benzene rings is 1. The highest BCUT2D eigenvalue weighted by Crippen LogP contribution is 2.27. The standard InChI is InChI=1S/C21H29N5O5S2/c1-4-8-26-20(23-24-21(26)32-15-19(27)22-16(2)14-30-3)17-6-5-7-18(13-17)33(28,29)25-9-11-31-12-10-25/h4-7,13,16H,1,8-12,14-15H2,2-3H3,(H,22,27). The SMILES string of the molecule is C=CCn1c(SCC(=O)NC(C)COC)nnc1-c1cccc(S(=O)(=O)N2CCOCC2)c1. The largest absolute Gasteiger partial charge is 0.383 e. The lowest BCUT2D eigenvalue weighted by Crippen LogP contribution is -2.40. The Kier molecular flexibility index (Phi) is 9.03. The number of hydrogen-bond donors (Lipinski definition) is 1. The van der Waals surface area contributed by atoms with Crippen molar-refractivity contribution < 1.29 is 22.7 Å². The fourth-order valence-corrected chi connectivity index (χ4v) is 5.59. The van der Waals surface area contributed by atoms with Gasteiger partial charge in [0.1, 0.15) is 0 Å². The van der Waals surface area contributed by atoms with Crippen LogP contribution in [0.4, 0.5) is 0 Å². The molecule has 33 heavy (non-hydrogen) atoms.